The summed E-state index contributed by atoms with van der Waals surface area (Å²) < 4.78 is 116. The topological polar surface area (TPSA) is 142 Å². The number of fused-ring (bicyclic) bond motifs is 1. The molecule has 12 nitrogen and oxygen atoms in total. The number of alkyl halides is 6. The molecule has 2 atom stereocenters. The first kappa shape index (κ1) is 34.6. The van der Waals surface area contributed by atoms with Gasteiger partial charge >= 0.3 is 5.92 Å². The summed E-state index contributed by atoms with van der Waals surface area (Å²) in [4.78, 5) is 39.9. The Balaban J connectivity index is 1.30. The van der Waals surface area contributed by atoms with Crippen LogP contribution in [-0.4, -0.2) is 72.2 Å². The Bertz CT molecular complexity index is 2120. The van der Waals surface area contributed by atoms with E-state index in [9.17, 15) is 35.9 Å². The van der Waals surface area contributed by atoms with Crippen molar-refractivity contribution in [2.75, 3.05) is 12.0 Å². The molecule has 1 aliphatic carbocycles. The molecule has 3 aliphatic rings. The number of nitrogens with zero attached hydrogens (tertiary/aromatic N) is 7. The molecule has 3 N–H and O–H groups in total. The van der Waals surface area contributed by atoms with E-state index in [2.05, 4.69) is 41.2 Å². The molecule has 0 fully saturated rings. The number of carbonyl (C=O) groups excluding carboxylic acids is 2. The smallest absolute Gasteiger partial charge is 0.332 e. The predicted octanol–water partition coefficient (Wildman–Crippen LogP) is 4.96. The first-order valence-electron chi connectivity index (χ1n) is 15.6. The van der Waals surface area contributed by atoms with Gasteiger partial charge in [-0.05, 0) is 46.4 Å². The normalized spacial score (nSPS) is 19.2. The number of rotatable bonds is 10. The Morgan fingerprint density at radius 3 is 2.50 bits per heavy atom. The molecule has 2 aromatic heterocycles. The molecule has 1 unspecified atom stereocenters. The lowest BCUT2D eigenvalue weighted by Gasteiger charge is -2.27. The average Bonchev–Trinajstić information content (AvgIpc) is 3.82. The van der Waals surface area contributed by atoms with Gasteiger partial charge in [-0.15, -0.1) is 5.10 Å². The zero-order valence-corrected chi connectivity index (χ0v) is 26.4. The van der Waals surface area contributed by atoms with Crippen molar-refractivity contribution in [2.45, 2.75) is 56.2 Å². The summed E-state index contributed by atoms with van der Waals surface area (Å²) in [6.45, 7) is -0.926. The van der Waals surface area contributed by atoms with E-state index in [0.717, 1.165) is 16.9 Å². The third kappa shape index (κ3) is 6.66. The maximum Gasteiger partial charge on any atom is 0.332 e. The van der Waals surface area contributed by atoms with Gasteiger partial charge in [0.2, 0.25) is 12.0 Å². The van der Waals surface area contributed by atoms with Crippen molar-refractivity contribution in [3.05, 3.63) is 101 Å². The van der Waals surface area contributed by atoms with Crippen LogP contribution in [0.3, 0.4) is 0 Å². The van der Waals surface area contributed by atoms with Crippen molar-refractivity contribution < 1.29 is 49.4 Å². The molecule has 2 aromatic carbocycles. The number of hydrogen-bond donors (Lipinski definition) is 3. The van der Waals surface area contributed by atoms with Crippen molar-refractivity contribution in [1.29, 1.82) is 0 Å². The molecular formula is C32H25F8N10O2+. The van der Waals surface area contributed by atoms with Gasteiger partial charge in [0.25, 0.3) is 36.4 Å². The summed E-state index contributed by atoms with van der Waals surface area (Å²) in [6, 6.07) is 3.42. The molecule has 7 rings (SSSR count). The number of anilines is 1. The molecule has 0 spiro atoms. The number of benzene rings is 2. The highest BCUT2D eigenvalue weighted by atomic mass is 19.3. The first-order chi connectivity index (χ1) is 24.7. The fourth-order valence-electron chi connectivity index (χ4n) is 6.43. The summed E-state index contributed by atoms with van der Waals surface area (Å²) in [5, 5.41) is 12.5. The molecule has 4 aromatic rings. The Morgan fingerprint density at radius 1 is 1.04 bits per heavy atom. The number of nitrogens with one attached hydrogen (secondary N) is 3. The zero-order chi connectivity index (χ0) is 36.9. The lowest BCUT2D eigenvalue weighted by atomic mass is 9.86. The highest BCUT2D eigenvalue weighted by Gasteiger charge is 2.64. The van der Waals surface area contributed by atoms with E-state index in [0.29, 0.717) is 22.8 Å². The summed E-state index contributed by atoms with van der Waals surface area (Å²) in [7, 11) is 0. The van der Waals surface area contributed by atoms with Crippen molar-refractivity contribution in [3.63, 3.8) is 0 Å². The van der Waals surface area contributed by atoms with Gasteiger partial charge in [-0.25, -0.2) is 46.7 Å². The highest BCUT2D eigenvalue weighted by Crippen LogP contribution is 2.51. The van der Waals surface area contributed by atoms with Gasteiger partial charge in [0.05, 0.1) is 11.7 Å². The van der Waals surface area contributed by atoms with Crippen LogP contribution < -0.4 is 16.1 Å². The fraction of sp³-hybridized carbons (Fsp3) is 0.312. The maximum absolute atomic E-state index is 15.1. The molecule has 0 radical (unpaired) electrons. The quantitative estimate of drug-likeness (QED) is 0.155. The van der Waals surface area contributed by atoms with Gasteiger partial charge in [-0.3, -0.25) is 9.59 Å². The second-order valence-corrected chi connectivity index (χ2v) is 12.2. The number of amides is 2. The highest BCUT2D eigenvalue weighted by molar-refractivity contribution is 5.99. The van der Waals surface area contributed by atoms with Crippen LogP contribution in [0.25, 0.3) is 11.1 Å². The molecule has 0 saturated heterocycles. The van der Waals surface area contributed by atoms with Crippen molar-refractivity contribution >= 4 is 17.8 Å². The van der Waals surface area contributed by atoms with Crippen LogP contribution in [0.4, 0.5) is 41.1 Å². The Morgan fingerprint density at radius 2 is 1.79 bits per heavy atom. The summed E-state index contributed by atoms with van der Waals surface area (Å²) in [6.07, 6.45) is -2.94. The minimum absolute atomic E-state index is 0.00134. The van der Waals surface area contributed by atoms with Crippen molar-refractivity contribution in [1.82, 2.24) is 35.5 Å². The predicted molar refractivity (Wildman–Crippen MR) is 162 cm³/mol. The Kier molecular flexibility index (Phi) is 8.69. The molecule has 52 heavy (non-hydrogen) atoms. The SMILES string of the molecule is O=C(C[N+]1=NC(C(F)F)C2=C1C(F)(F)CCC2(F)F)N[C@@H](Cc1cc(F)cc(F)c1)c1nc(Nn2cncn2)ncc1-c1ccc2c(c1)C(=O)NC2. The van der Waals surface area contributed by atoms with Crippen molar-refractivity contribution in [3.8, 4) is 11.1 Å². The molecule has 20 heteroatoms. The minimum Gasteiger partial charge on any atom is -0.348 e. The maximum atomic E-state index is 15.1. The van der Waals surface area contributed by atoms with E-state index >= 15 is 8.78 Å². The average molecular weight is 734 g/mol. The number of carbonyl (C=O) groups is 2. The van der Waals surface area contributed by atoms with Crippen LogP contribution in [-0.2, 0) is 17.8 Å². The lowest BCUT2D eigenvalue weighted by molar-refractivity contribution is -0.549. The molecule has 0 bridgehead atoms. The molecule has 270 valence electrons. The standard InChI is InChI=1S/C32H24F8N10O2/c33-18-5-15(6-19(34)9-18)7-22(45-23(51)12-49-27-24(26(47-49)28(35)36)31(37,38)3-4-32(27,39)40)25-21(11-43-30(46-25)48-50-14-41-13-44-50)16-1-2-17-10-42-29(52)20(17)8-16/h1-2,5-6,8-9,11,13-14,22,26,28H,3-4,7,10,12H2,(H2-,42,43,45,46,48,51,52)/p+1/t22-,26?/m0/s1. The lowest BCUT2D eigenvalue weighted by Crippen LogP contribution is -2.42. The van der Waals surface area contributed by atoms with E-state index in [1.165, 1.54) is 24.9 Å². The Labute approximate surface area is 287 Å². The molecule has 2 amide bonds. The van der Waals surface area contributed by atoms with E-state index in [4.69, 9.17) is 0 Å². The molecule has 4 heterocycles. The van der Waals surface area contributed by atoms with Gasteiger partial charge in [-0.1, -0.05) is 16.8 Å². The first-order valence-corrected chi connectivity index (χ1v) is 15.6. The third-order valence-electron chi connectivity index (χ3n) is 8.68. The van der Waals surface area contributed by atoms with Gasteiger partial charge in [0, 0.05) is 42.8 Å². The van der Waals surface area contributed by atoms with Crippen LogP contribution in [0.15, 0.2) is 71.6 Å². The van der Waals surface area contributed by atoms with Crippen LogP contribution in [0, 0.1) is 11.6 Å². The number of aromatic nitrogens is 5. The van der Waals surface area contributed by atoms with Crippen LogP contribution in [0.5, 0.6) is 0 Å². The molecular weight excluding hydrogens is 708 g/mol. The van der Waals surface area contributed by atoms with Gasteiger partial charge < -0.3 is 10.6 Å². The second kappa shape index (κ2) is 13.1. The number of halogens is 8. The largest absolute Gasteiger partial charge is 0.348 e. The third-order valence-corrected chi connectivity index (χ3v) is 8.68. The van der Waals surface area contributed by atoms with E-state index < -0.39 is 85.0 Å². The van der Waals surface area contributed by atoms with E-state index in [1.54, 1.807) is 12.1 Å². The number of hydrogen-bond acceptors (Lipinski definition) is 8. The van der Waals surface area contributed by atoms with E-state index in [1.807, 2.05) is 0 Å². The monoisotopic (exact) mass is 733 g/mol. The van der Waals surface area contributed by atoms with E-state index in [-0.39, 0.29) is 39.9 Å². The zero-order valence-electron chi connectivity index (χ0n) is 26.4. The summed E-state index contributed by atoms with van der Waals surface area (Å²) in [5.41, 5.74) is 1.28. The van der Waals surface area contributed by atoms with Gasteiger partial charge in [-0.2, -0.15) is 13.6 Å². The van der Waals surface area contributed by atoms with Gasteiger partial charge in [0.1, 0.15) is 29.9 Å². The van der Waals surface area contributed by atoms with Crippen LogP contribution in [0.2, 0.25) is 0 Å². The molecule has 0 saturated carbocycles. The minimum atomic E-state index is -4.03. The molecule has 2 aliphatic heterocycles. The number of azo groups is 2. The van der Waals surface area contributed by atoms with Gasteiger partial charge in [0.15, 0.2) is 0 Å². The summed E-state index contributed by atoms with van der Waals surface area (Å²) in [5.74, 6) is -11.6. The number of allylic oxidation sites excluding steroid dienone is 1. The van der Waals surface area contributed by atoms with Crippen LogP contribution in [0.1, 0.15) is 46.1 Å². The summed E-state index contributed by atoms with van der Waals surface area (Å²) >= 11 is 0. The Hall–Kier alpha value is -5.82. The fourth-order valence-corrected chi connectivity index (χ4v) is 6.43. The van der Waals surface area contributed by atoms with Crippen LogP contribution >= 0.6 is 0 Å². The second-order valence-electron chi connectivity index (χ2n) is 12.2. The van der Waals surface area contributed by atoms with Crippen molar-refractivity contribution in [2.24, 2.45) is 5.11 Å².